The molecule has 0 atom stereocenters. The van der Waals surface area contributed by atoms with Crippen LogP contribution < -0.4 is 10.6 Å². The van der Waals surface area contributed by atoms with E-state index in [1.54, 1.807) is 0 Å². The van der Waals surface area contributed by atoms with Gasteiger partial charge in [0.05, 0.1) is 37.3 Å². The van der Waals surface area contributed by atoms with E-state index in [0.29, 0.717) is 26.2 Å². The fraction of sp³-hybridized carbons (Fsp3) is 0.733. The van der Waals surface area contributed by atoms with Gasteiger partial charge in [0.1, 0.15) is 0 Å². The number of nitrogens with one attached hydrogen (secondary N) is 2. The summed E-state index contributed by atoms with van der Waals surface area (Å²) in [5.41, 5.74) is 1.61. The van der Waals surface area contributed by atoms with Crippen LogP contribution in [-0.4, -0.2) is 47.4 Å². The summed E-state index contributed by atoms with van der Waals surface area (Å²) in [4.78, 5) is 12.0. The zero-order valence-corrected chi connectivity index (χ0v) is 14.8. The number of nitrogens with zero attached hydrogens (tertiary/aromatic N) is 3. The molecule has 8 nitrogen and oxygen atoms in total. The van der Waals surface area contributed by atoms with Gasteiger partial charge in [-0.3, -0.25) is 4.68 Å². The van der Waals surface area contributed by atoms with Crippen LogP contribution >= 0.6 is 0 Å². The standard InChI is InChI=1S/C15H25N5O3S/c1-24(22,23)19-7-8-20-14(11-19)9-13(18-20)10-16-15(21)17-12-5-3-2-4-6-12/h9,12H,2-8,10-11H2,1H3,(H2,16,17,21). The molecule has 2 amide bonds. The molecule has 2 aliphatic rings. The number of carbonyl (C=O) groups is 1. The van der Waals surface area contributed by atoms with E-state index in [1.807, 2.05) is 10.7 Å². The molecule has 1 aliphatic carbocycles. The molecule has 1 fully saturated rings. The van der Waals surface area contributed by atoms with E-state index in [-0.39, 0.29) is 12.1 Å². The molecule has 1 saturated carbocycles. The summed E-state index contributed by atoms with van der Waals surface area (Å²) in [5, 5.41) is 10.3. The fourth-order valence-corrected chi connectivity index (χ4v) is 4.11. The zero-order chi connectivity index (χ0) is 17.2. The maximum atomic E-state index is 12.0. The predicted molar refractivity (Wildman–Crippen MR) is 89.7 cm³/mol. The Bertz CT molecular complexity index is 694. The lowest BCUT2D eigenvalue weighted by molar-refractivity contribution is 0.232. The molecule has 2 N–H and O–H groups in total. The highest BCUT2D eigenvalue weighted by Gasteiger charge is 2.24. The van der Waals surface area contributed by atoms with Crippen molar-refractivity contribution in [2.45, 2.75) is 57.8 Å². The van der Waals surface area contributed by atoms with Gasteiger partial charge in [-0.1, -0.05) is 19.3 Å². The zero-order valence-electron chi connectivity index (χ0n) is 14.0. The number of rotatable bonds is 4. The van der Waals surface area contributed by atoms with Crippen LogP contribution in [0.25, 0.3) is 0 Å². The molecule has 0 radical (unpaired) electrons. The smallest absolute Gasteiger partial charge is 0.315 e. The van der Waals surface area contributed by atoms with Gasteiger partial charge in [-0.2, -0.15) is 9.40 Å². The summed E-state index contributed by atoms with van der Waals surface area (Å²) >= 11 is 0. The highest BCUT2D eigenvalue weighted by Crippen LogP contribution is 2.17. The Kier molecular flexibility index (Phi) is 5.09. The summed E-state index contributed by atoms with van der Waals surface area (Å²) in [6, 6.07) is 1.97. The Morgan fingerprint density at radius 2 is 2.04 bits per heavy atom. The van der Waals surface area contributed by atoms with Gasteiger partial charge in [0.2, 0.25) is 10.0 Å². The molecule has 1 aliphatic heterocycles. The minimum atomic E-state index is -3.19. The number of amides is 2. The first-order valence-electron chi connectivity index (χ1n) is 8.47. The minimum Gasteiger partial charge on any atom is -0.335 e. The second-order valence-electron chi connectivity index (χ2n) is 6.61. The van der Waals surface area contributed by atoms with Crippen LogP contribution in [-0.2, 0) is 29.7 Å². The molecular formula is C15H25N5O3S. The van der Waals surface area contributed by atoms with E-state index in [1.165, 1.54) is 29.8 Å². The maximum absolute atomic E-state index is 12.0. The second kappa shape index (κ2) is 7.10. The van der Waals surface area contributed by atoms with Gasteiger partial charge >= 0.3 is 6.03 Å². The third kappa shape index (κ3) is 4.27. The number of sulfonamides is 1. The molecular weight excluding hydrogens is 330 g/mol. The van der Waals surface area contributed by atoms with Gasteiger partial charge in [0.25, 0.3) is 0 Å². The van der Waals surface area contributed by atoms with Crippen molar-refractivity contribution < 1.29 is 13.2 Å². The third-order valence-electron chi connectivity index (χ3n) is 4.65. The SMILES string of the molecule is CS(=O)(=O)N1CCn2nc(CNC(=O)NC3CCCCC3)cc2C1. The normalized spacial score (nSPS) is 19.7. The van der Waals surface area contributed by atoms with E-state index >= 15 is 0 Å². The first-order chi connectivity index (χ1) is 11.4. The Balaban J connectivity index is 1.52. The van der Waals surface area contributed by atoms with Crippen molar-refractivity contribution in [3.8, 4) is 0 Å². The molecule has 0 saturated heterocycles. The Morgan fingerprint density at radius 1 is 1.29 bits per heavy atom. The van der Waals surface area contributed by atoms with E-state index < -0.39 is 10.0 Å². The van der Waals surface area contributed by atoms with Gasteiger partial charge in [-0.05, 0) is 18.9 Å². The molecule has 2 heterocycles. The van der Waals surface area contributed by atoms with Gasteiger partial charge in [0, 0.05) is 12.6 Å². The molecule has 0 spiro atoms. The number of fused-ring (bicyclic) bond motifs is 1. The summed E-state index contributed by atoms with van der Waals surface area (Å²) < 4.78 is 26.5. The van der Waals surface area contributed by atoms with Gasteiger partial charge in [-0.15, -0.1) is 0 Å². The van der Waals surface area contributed by atoms with Gasteiger partial charge in [-0.25, -0.2) is 13.2 Å². The highest BCUT2D eigenvalue weighted by atomic mass is 32.2. The first kappa shape index (κ1) is 17.2. The third-order valence-corrected chi connectivity index (χ3v) is 5.90. The van der Waals surface area contributed by atoms with Crippen LogP contribution in [0.5, 0.6) is 0 Å². The molecule has 0 unspecified atom stereocenters. The van der Waals surface area contributed by atoms with Crippen molar-refractivity contribution in [2.24, 2.45) is 0 Å². The van der Waals surface area contributed by atoms with Crippen LogP contribution in [0, 0.1) is 0 Å². The van der Waals surface area contributed by atoms with Gasteiger partial charge in [0.15, 0.2) is 0 Å². The lowest BCUT2D eigenvalue weighted by atomic mass is 9.96. The summed E-state index contributed by atoms with van der Waals surface area (Å²) in [7, 11) is -3.19. The lowest BCUT2D eigenvalue weighted by Crippen LogP contribution is -2.42. The molecule has 1 aromatic rings. The van der Waals surface area contributed by atoms with Crippen LogP contribution in [0.1, 0.15) is 43.5 Å². The van der Waals surface area contributed by atoms with Crippen LogP contribution in [0.15, 0.2) is 6.07 Å². The number of hydrogen-bond acceptors (Lipinski definition) is 4. The Hall–Kier alpha value is -1.61. The average molecular weight is 355 g/mol. The Labute approximate surface area is 142 Å². The lowest BCUT2D eigenvalue weighted by Gasteiger charge is -2.25. The predicted octanol–water partition coefficient (Wildman–Crippen LogP) is 0.790. The van der Waals surface area contributed by atoms with Crippen LogP contribution in [0.2, 0.25) is 0 Å². The average Bonchev–Trinajstić information content (AvgIpc) is 2.95. The fourth-order valence-electron chi connectivity index (χ4n) is 3.33. The van der Waals surface area contributed by atoms with Crippen LogP contribution in [0.4, 0.5) is 4.79 Å². The Morgan fingerprint density at radius 3 is 2.75 bits per heavy atom. The number of urea groups is 1. The van der Waals surface area contributed by atoms with Crippen molar-refractivity contribution in [3.05, 3.63) is 17.5 Å². The van der Waals surface area contributed by atoms with Crippen molar-refractivity contribution in [1.29, 1.82) is 0 Å². The molecule has 0 bridgehead atoms. The molecule has 0 aromatic carbocycles. The summed E-state index contributed by atoms with van der Waals surface area (Å²) in [5.74, 6) is 0. The second-order valence-corrected chi connectivity index (χ2v) is 8.59. The molecule has 24 heavy (non-hydrogen) atoms. The number of hydrogen-bond donors (Lipinski definition) is 2. The van der Waals surface area contributed by atoms with Crippen molar-refractivity contribution >= 4 is 16.1 Å². The molecule has 9 heteroatoms. The number of carbonyl (C=O) groups excluding carboxylic acids is 1. The minimum absolute atomic E-state index is 0.161. The van der Waals surface area contributed by atoms with E-state index in [2.05, 4.69) is 15.7 Å². The van der Waals surface area contributed by atoms with Crippen molar-refractivity contribution in [3.63, 3.8) is 0 Å². The summed E-state index contributed by atoms with van der Waals surface area (Å²) in [6.07, 6.45) is 6.92. The topological polar surface area (TPSA) is 96.3 Å². The van der Waals surface area contributed by atoms with Crippen LogP contribution in [0.3, 0.4) is 0 Å². The van der Waals surface area contributed by atoms with E-state index in [9.17, 15) is 13.2 Å². The maximum Gasteiger partial charge on any atom is 0.315 e. The van der Waals surface area contributed by atoms with Crippen molar-refractivity contribution in [2.75, 3.05) is 12.8 Å². The largest absolute Gasteiger partial charge is 0.335 e. The highest BCUT2D eigenvalue weighted by molar-refractivity contribution is 7.88. The summed E-state index contributed by atoms with van der Waals surface area (Å²) in [6.45, 7) is 1.65. The molecule has 3 rings (SSSR count). The quantitative estimate of drug-likeness (QED) is 0.834. The molecule has 1 aromatic heterocycles. The monoisotopic (exact) mass is 355 g/mol. The van der Waals surface area contributed by atoms with E-state index in [4.69, 9.17) is 0 Å². The first-order valence-corrected chi connectivity index (χ1v) is 10.3. The van der Waals surface area contributed by atoms with Crippen molar-refractivity contribution in [1.82, 2.24) is 24.7 Å². The van der Waals surface area contributed by atoms with Gasteiger partial charge < -0.3 is 10.6 Å². The van der Waals surface area contributed by atoms with E-state index in [0.717, 1.165) is 24.2 Å². The number of aromatic nitrogens is 2. The molecule has 134 valence electrons.